The summed E-state index contributed by atoms with van der Waals surface area (Å²) in [7, 11) is -3.02. The number of rotatable bonds is 5. The Bertz CT molecular complexity index is 776. The van der Waals surface area contributed by atoms with Gasteiger partial charge in [-0.15, -0.1) is 0 Å². The standard InChI is InChI=1S/C18H25N3O4S/c1-2-20(16-9-11-26(24,25)13-16)18(23)19-12-14-5-7-15(8-6-14)21-10-3-4-17(21)22/h5-8,16H,2-4,9-13H2,1H3,(H,19,23)/t16-/m1/s1. The van der Waals surface area contributed by atoms with Crippen LogP contribution >= 0.6 is 0 Å². The third-order valence-corrected chi connectivity index (χ3v) is 6.77. The second-order valence-corrected chi connectivity index (χ2v) is 9.05. The van der Waals surface area contributed by atoms with Crippen molar-refractivity contribution in [1.29, 1.82) is 0 Å². The summed E-state index contributed by atoms with van der Waals surface area (Å²) in [5.74, 6) is 0.349. The molecule has 0 aliphatic carbocycles. The smallest absolute Gasteiger partial charge is 0.317 e. The maximum absolute atomic E-state index is 12.4. The molecule has 2 aliphatic rings. The predicted molar refractivity (Wildman–Crippen MR) is 99.7 cm³/mol. The number of hydrogen-bond donors (Lipinski definition) is 1. The molecule has 0 radical (unpaired) electrons. The zero-order valence-corrected chi connectivity index (χ0v) is 15.8. The van der Waals surface area contributed by atoms with Gasteiger partial charge in [0.25, 0.3) is 0 Å². The van der Waals surface area contributed by atoms with Crippen molar-refractivity contribution in [3.63, 3.8) is 0 Å². The molecule has 3 amide bonds. The van der Waals surface area contributed by atoms with Gasteiger partial charge in [0.2, 0.25) is 5.91 Å². The number of urea groups is 1. The fourth-order valence-corrected chi connectivity index (χ4v) is 5.31. The van der Waals surface area contributed by atoms with Crippen LogP contribution < -0.4 is 10.2 Å². The molecule has 1 aromatic rings. The molecule has 2 saturated heterocycles. The lowest BCUT2D eigenvalue weighted by molar-refractivity contribution is -0.117. The first kappa shape index (κ1) is 18.7. The Morgan fingerprint density at radius 3 is 2.58 bits per heavy atom. The molecule has 0 bridgehead atoms. The van der Waals surface area contributed by atoms with Crippen LogP contribution in [0.3, 0.4) is 0 Å². The Morgan fingerprint density at radius 2 is 2.04 bits per heavy atom. The Balaban J connectivity index is 1.56. The SMILES string of the molecule is CCN(C(=O)NCc1ccc(N2CCCC2=O)cc1)[C@@H]1CCS(=O)(=O)C1. The fourth-order valence-electron chi connectivity index (χ4n) is 3.58. The molecular formula is C18H25N3O4S. The van der Waals surface area contributed by atoms with Crippen molar-refractivity contribution in [1.82, 2.24) is 10.2 Å². The summed E-state index contributed by atoms with van der Waals surface area (Å²) >= 11 is 0. The fraction of sp³-hybridized carbons (Fsp3) is 0.556. The molecule has 1 atom stereocenters. The number of benzene rings is 1. The third-order valence-electron chi connectivity index (χ3n) is 5.02. The number of hydrogen-bond acceptors (Lipinski definition) is 4. The van der Waals surface area contributed by atoms with Crippen LogP contribution in [-0.2, 0) is 21.2 Å². The van der Waals surface area contributed by atoms with Crippen LogP contribution in [-0.4, -0.2) is 55.9 Å². The Morgan fingerprint density at radius 1 is 1.31 bits per heavy atom. The first-order valence-electron chi connectivity index (χ1n) is 9.04. The van der Waals surface area contributed by atoms with Crippen molar-refractivity contribution >= 4 is 27.5 Å². The van der Waals surface area contributed by atoms with Crippen molar-refractivity contribution in [2.45, 2.75) is 38.8 Å². The van der Waals surface area contributed by atoms with E-state index >= 15 is 0 Å². The van der Waals surface area contributed by atoms with Gasteiger partial charge in [-0.2, -0.15) is 0 Å². The number of nitrogens with one attached hydrogen (secondary N) is 1. The number of carbonyl (C=O) groups excluding carboxylic acids is 2. The van der Waals surface area contributed by atoms with Crippen LogP contribution in [0.4, 0.5) is 10.5 Å². The van der Waals surface area contributed by atoms with E-state index in [4.69, 9.17) is 0 Å². The van der Waals surface area contributed by atoms with Crippen molar-refractivity contribution in [3.8, 4) is 0 Å². The molecule has 0 spiro atoms. The molecule has 0 saturated carbocycles. The highest BCUT2D eigenvalue weighted by Crippen LogP contribution is 2.22. The minimum absolute atomic E-state index is 0.0484. The lowest BCUT2D eigenvalue weighted by Crippen LogP contribution is -2.46. The second kappa shape index (κ2) is 7.65. The van der Waals surface area contributed by atoms with Crippen LogP contribution in [0.25, 0.3) is 0 Å². The van der Waals surface area contributed by atoms with Gasteiger partial charge in [-0.25, -0.2) is 13.2 Å². The lowest BCUT2D eigenvalue weighted by atomic mass is 10.2. The summed E-state index contributed by atoms with van der Waals surface area (Å²) < 4.78 is 23.3. The molecule has 3 rings (SSSR count). The van der Waals surface area contributed by atoms with Crippen LogP contribution in [0, 0.1) is 0 Å². The molecule has 1 N–H and O–H groups in total. The zero-order chi connectivity index (χ0) is 18.7. The van der Waals surface area contributed by atoms with Crippen molar-refractivity contribution in [3.05, 3.63) is 29.8 Å². The maximum atomic E-state index is 12.4. The van der Waals surface area contributed by atoms with Gasteiger partial charge in [0.15, 0.2) is 9.84 Å². The minimum atomic E-state index is -3.02. The number of carbonyl (C=O) groups is 2. The quantitative estimate of drug-likeness (QED) is 0.841. The maximum Gasteiger partial charge on any atom is 0.317 e. The predicted octanol–water partition coefficient (Wildman–Crippen LogP) is 1.53. The molecule has 2 aliphatic heterocycles. The van der Waals surface area contributed by atoms with Gasteiger partial charge in [0, 0.05) is 37.8 Å². The summed E-state index contributed by atoms with van der Waals surface area (Å²) in [6.07, 6.45) is 1.99. The lowest BCUT2D eigenvalue weighted by Gasteiger charge is -2.27. The van der Waals surface area contributed by atoms with Crippen LogP contribution in [0.15, 0.2) is 24.3 Å². The average molecular weight is 379 g/mol. The molecule has 8 heteroatoms. The highest BCUT2D eigenvalue weighted by atomic mass is 32.2. The number of nitrogens with zero attached hydrogens (tertiary/aromatic N) is 2. The molecule has 0 unspecified atom stereocenters. The van der Waals surface area contributed by atoms with E-state index in [-0.39, 0.29) is 29.5 Å². The van der Waals surface area contributed by atoms with E-state index in [2.05, 4.69) is 5.32 Å². The highest BCUT2D eigenvalue weighted by Gasteiger charge is 2.33. The second-order valence-electron chi connectivity index (χ2n) is 6.82. The van der Waals surface area contributed by atoms with E-state index < -0.39 is 9.84 Å². The molecule has 26 heavy (non-hydrogen) atoms. The third kappa shape index (κ3) is 4.17. The molecule has 142 valence electrons. The van der Waals surface area contributed by atoms with E-state index in [1.807, 2.05) is 31.2 Å². The molecular weight excluding hydrogens is 354 g/mol. The summed E-state index contributed by atoms with van der Waals surface area (Å²) in [5.41, 5.74) is 1.82. The van der Waals surface area contributed by atoms with Gasteiger partial charge < -0.3 is 15.1 Å². The Labute approximate surface area is 154 Å². The largest absolute Gasteiger partial charge is 0.334 e. The van der Waals surface area contributed by atoms with Gasteiger partial charge in [0.05, 0.1) is 11.5 Å². The van der Waals surface area contributed by atoms with Gasteiger partial charge in [-0.05, 0) is 37.5 Å². The molecule has 2 heterocycles. The van der Waals surface area contributed by atoms with Crippen LogP contribution in [0.5, 0.6) is 0 Å². The normalized spacial score (nSPS) is 21.8. The first-order chi connectivity index (χ1) is 12.4. The monoisotopic (exact) mass is 379 g/mol. The van der Waals surface area contributed by atoms with Crippen LogP contribution in [0.2, 0.25) is 0 Å². The van der Waals surface area contributed by atoms with Gasteiger partial charge in [-0.3, -0.25) is 4.79 Å². The van der Waals surface area contributed by atoms with Crippen molar-refractivity contribution in [2.75, 3.05) is 29.5 Å². The van der Waals surface area contributed by atoms with Gasteiger partial charge >= 0.3 is 6.03 Å². The number of sulfone groups is 1. The van der Waals surface area contributed by atoms with Crippen molar-refractivity contribution < 1.29 is 18.0 Å². The first-order valence-corrected chi connectivity index (χ1v) is 10.9. The van der Waals surface area contributed by atoms with Gasteiger partial charge in [0.1, 0.15) is 0 Å². The Hall–Kier alpha value is -2.09. The van der Waals surface area contributed by atoms with E-state index in [9.17, 15) is 18.0 Å². The van der Waals surface area contributed by atoms with E-state index in [1.54, 1.807) is 9.80 Å². The summed E-state index contributed by atoms with van der Waals surface area (Å²) in [4.78, 5) is 27.6. The topological polar surface area (TPSA) is 86.8 Å². The van der Waals surface area contributed by atoms with E-state index in [0.29, 0.717) is 25.9 Å². The van der Waals surface area contributed by atoms with E-state index in [0.717, 1.165) is 24.2 Å². The zero-order valence-electron chi connectivity index (χ0n) is 15.0. The number of anilines is 1. The molecule has 0 aromatic heterocycles. The van der Waals surface area contributed by atoms with E-state index in [1.165, 1.54) is 0 Å². The average Bonchev–Trinajstić information content (AvgIpc) is 3.19. The van der Waals surface area contributed by atoms with Gasteiger partial charge in [-0.1, -0.05) is 12.1 Å². The van der Waals surface area contributed by atoms with Crippen LogP contribution in [0.1, 0.15) is 31.7 Å². The molecule has 1 aromatic carbocycles. The number of amides is 3. The molecule has 7 nitrogen and oxygen atoms in total. The minimum Gasteiger partial charge on any atom is -0.334 e. The Kier molecular flexibility index (Phi) is 5.50. The molecule has 2 fully saturated rings. The van der Waals surface area contributed by atoms with Crippen molar-refractivity contribution in [2.24, 2.45) is 0 Å². The highest BCUT2D eigenvalue weighted by molar-refractivity contribution is 7.91. The summed E-state index contributed by atoms with van der Waals surface area (Å²) in [6, 6.07) is 7.11. The summed E-state index contributed by atoms with van der Waals surface area (Å²) in [6.45, 7) is 3.45. The summed E-state index contributed by atoms with van der Waals surface area (Å²) in [5, 5.41) is 2.86.